The first-order valence-corrected chi connectivity index (χ1v) is 22.3. The highest BCUT2D eigenvalue weighted by Crippen LogP contribution is 2.55. The Bertz CT molecular complexity index is 2810. The van der Waals surface area contributed by atoms with Gasteiger partial charge in [0.25, 0.3) is 0 Å². The lowest BCUT2D eigenvalue weighted by atomic mass is 9.81. The van der Waals surface area contributed by atoms with Crippen molar-refractivity contribution >= 4 is 22.7 Å². The number of fused-ring (bicyclic) bond motifs is 6. The van der Waals surface area contributed by atoms with Gasteiger partial charge >= 0.3 is 0 Å². The standard InChI is InChI=1S/C56H50S2/c1-31-11-17-39(35(5)23-31)45-29-51(57-53(45)37-15-21-43-41-19-13-33(3)25-47(41)55(7,8)49(43)27-37)52-30-46(40-18-12-32(2)24-36(40)6)54(58-52)38-16-22-44-42-20-14-34(4)26-48(42)56(9,10)50(44)28-38/h11-30H,1-10H3. The lowest BCUT2D eigenvalue weighted by Crippen LogP contribution is -2.15. The normalized spacial score (nSPS) is 14.3. The van der Waals surface area contributed by atoms with E-state index in [1.807, 2.05) is 22.7 Å². The zero-order valence-electron chi connectivity index (χ0n) is 35.4. The molecule has 0 aliphatic heterocycles. The average Bonchev–Trinajstić information content (AvgIpc) is 3.92. The summed E-state index contributed by atoms with van der Waals surface area (Å²) in [5.41, 5.74) is 26.7. The second kappa shape index (κ2) is 13.1. The summed E-state index contributed by atoms with van der Waals surface area (Å²) in [6.07, 6.45) is 0. The van der Waals surface area contributed by atoms with E-state index in [1.165, 1.54) is 131 Å². The number of rotatable bonds is 5. The first kappa shape index (κ1) is 37.0. The van der Waals surface area contributed by atoms with E-state index < -0.39 is 0 Å². The summed E-state index contributed by atoms with van der Waals surface area (Å²) in [4.78, 5) is 5.30. The molecule has 0 unspecified atom stereocenters. The molecule has 0 saturated carbocycles. The summed E-state index contributed by atoms with van der Waals surface area (Å²) in [5.74, 6) is 0. The molecule has 6 aromatic carbocycles. The molecule has 0 fully saturated rings. The van der Waals surface area contributed by atoms with Crippen LogP contribution < -0.4 is 0 Å². The van der Waals surface area contributed by atoms with Crippen LogP contribution in [0.2, 0.25) is 0 Å². The van der Waals surface area contributed by atoms with Crippen LogP contribution in [0.3, 0.4) is 0 Å². The zero-order valence-corrected chi connectivity index (χ0v) is 37.0. The maximum atomic E-state index is 2.50. The molecular formula is C56H50S2. The number of hydrogen-bond acceptors (Lipinski definition) is 2. The van der Waals surface area contributed by atoms with Crippen molar-refractivity contribution in [2.24, 2.45) is 0 Å². The van der Waals surface area contributed by atoms with Gasteiger partial charge in [-0.3, -0.25) is 0 Å². The molecule has 0 nitrogen and oxygen atoms in total. The lowest BCUT2D eigenvalue weighted by Gasteiger charge is -2.22. The third-order valence-electron chi connectivity index (χ3n) is 13.2. The van der Waals surface area contributed by atoms with Crippen molar-refractivity contribution in [1.29, 1.82) is 0 Å². The van der Waals surface area contributed by atoms with Crippen molar-refractivity contribution in [1.82, 2.24) is 0 Å². The quantitative estimate of drug-likeness (QED) is 0.163. The zero-order chi connectivity index (χ0) is 40.4. The first-order valence-electron chi connectivity index (χ1n) is 20.6. The minimum absolute atomic E-state index is 0.0686. The summed E-state index contributed by atoms with van der Waals surface area (Å²) in [6.45, 7) is 22.9. The van der Waals surface area contributed by atoms with Crippen LogP contribution in [0.5, 0.6) is 0 Å². The van der Waals surface area contributed by atoms with Gasteiger partial charge in [-0.25, -0.2) is 0 Å². The Balaban J connectivity index is 1.16. The molecule has 58 heavy (non-hydrogen) atoms. The van der Waals surface area contributed by atoms with Gasteiger partial charge in [0.2, 0.25) is 0 Å². The van der Waals surface area contributed by atoms with Crippen LogP contribution in [0.1, 0.15) is 83.3 Å². The van der Waals surface area contributed by atoms with Crippen LogP contribution in [-0.2, 0) is 10.8 Å². The highest BCUT2D eigenvalue weighted by molar-refractivity contribution is 7.26. The van der Waals surface area contributed by atoms with E-state index in [-0.39, 0.29) is 10.8 Å². The van der Waals surface area contributed by atoms with Gasteiger partial charge in [0, 0.05) is 41.5 Å². The van der Waals surface area contributed by atoms with Crippen molar-refractivity contribution in [2.75, 3.05) is 0 Å². The van der Waals surface area contributed by atoms with Crippen LogP contribution in [0.15, 0.2) is 121 Å². The molecule has 0 saturated heterocycles. The van der Waals surface area contributed by atoms with Gasteiger partial charge < -0.3 is 0 Å². The number of hydrogen-bond donors (Lipinski definition) is 0. The fourth-order valence-corrected chi connectivity index (χ4v) is 12.5. The predicted octanol–water partition coefficient (Wildman–Crippen LogP) is 16.6. The number of aryl methyl sites for hydroxylation is 6. The third kappa shape index (κ3) is 5.67. The molecule has 2 aliphatic carbocycles. The minimum atomic E-state index is -0.0686. The molecule has 8 aromatic rings. The van der Waals surface area contributed by atoms with Gasteiger partial charge in [0.1, 0.15) is 0 Å². The van der Waals surface area contributed by atoms with Crippen LogP contribution in [0, 0.1) is 41.5 Å². The molecule has 2 heterocycles. The monoisotopic (exact) mass is 786 g/mol. The molecule has 0 bridgehead atoms. The minimum Gasteiger partial charge on any atom is -0.134 e. The average molecular weight is 787 g/mol. The van der Waals surface area contributed by atoms with Crippen molar-refractivity contribution in [3.63, 3.8) is 0 Å². The fourth-order valence-electron chi connectivity index (χ4n) is 10.1. The van der Waals surface area contributed by atoms with Crippen LogP contribution >= 0.6 is 22.7 Å². The highest BCUT2D eigenvalue weighted by atomic mass is 32.1. The Morgan fingerprint density at radius 1 is 0.310 bits per heavy atom. The van der Waals surface area contributed by atoms with E-state index >= 15 is 0 Å². The van der Waals surface area contributed by atoms with Crippen molar-refractivity contribution in [2.45, 2.75) is 80.1 Å². The van der Waals surface area contributed by atoms with E-state index in [4.69, 9.17) is 0 Å². The van der Waals surface area contributed by atoms with Crippen LogP contribution in [0.25, 0.3) is 75.1 Å². The van der Waals surface area contributed by atoms with Gasteiger partial charge in [0.15, 0.2) is 0 Å². The third-order valence-corrected chi connectivity index (χ3v) is 15.8. The summed E-state index contributed by atoms with van der Waals surface area (Å²) in [7, 11) is 0. The largest absolute Gasteiger partial charge is 0.134 e. The first-order chi connectivity index (χ1) is 27.7. The molecule has 2 heteroatoms. The van der Waals surface area contributed by atoms with E-state index in [0.717, 1.165) is 0 Å². The van der Waals surface area contributed by atoms with Crippen molar-refractivity contribution in [3.05, 3.63) is 177 Å². The van der Waals surface area contributed by atoms with Gasteiger partial charge in [-0.05, 0) is 144 Å². The Hall–Kier alpha value is -5.28. The topological polar surface area (TPSA) is 0 Å². The summed E-state index contributed by atoms with van der Waals surface area (Å²) >= 11 is 3.90. The number of benzene rings is 6. The van der Waals surface area contributed by atoms with Gasteiger partial charge in [-0.1, -0.05) is 147 Å². The Morgan fingerprint density at radius 3 is 0.983 bits per heavy atom. The molecular weight excluding hydrogens is 737 g/mol. The van der Waals surface area contributed by atoms with E-state index in [9.17, 15) is 0 Å². The maximum absolute atomic E-state index is 2.50. The van der Waals surface area contributed by atoms with E-state index in [2.05, 4.69) is 191 Å². The summed E-state index contributed by atoms with van der Waals surface area (Å²) in [5, 5.41) is 0. The second-order valence-electron chi connectivity index (χ2n) is 18.2. The van der Waals surface area contributed by atoms with Crippen molar-refractivity contribution < 1.29 is 0 Å². The van der Waals surface area contributed by atoms with E-state index in [0.29, 0.717) is 0 Å². The molecule has 0 spiro atoms. The number of thiophene rings is 2. The molecule has 2 aliphatic rings. The Kier molecular flexibility index (Phi) is 8.37. The van der Waals surface area contributed by atoms with Gasteiger partial charge in [0.05, 0.1) is 0 Å². The Morgan fingerprint density at radius 2 is 0.621 bits per heavy atom. The van der Waals surface area contributed by atoms with E-state index in [1.54, 1.807) is 0 Å². The molecule has 0 atom stereocenters. The fraction of sp³-hybridized carbons (Fsp3) is 0.214. The molecule has 0 amide bonds. The second-order valence-corrected chi connectivity index (χ2v) is 20.3. The SMILES string of the molecule is Cc1ccc(-c2cc(-c3cc(-c4ccc(C)cc4C)c(-c4ccc5c(c4)C(C)(C)c4cc(C)ccc4-5)s3)sc2-c2ccc3c(c2)C(C)(C)c2cc(C)ccc2-3)c(C)c1. The van der Waals surface area contributed by atoms with Crippen LogP contribution in [-0.4, -0.2) is 0 Å². The lowest BCUT2D eigenvalue weighted by molar-refractivity contribution is 0.660. The van der Waals surface area contributed by atoms with Crippen LogP contribution in [0.4, 0.5) is 0 Å². The molecule has 2 aromatic heterocycles. The van der Waals surface area contributed by atoms with Crippen molar-refractivity contribution in [3.8, 4) is 75.1 Å². The Labute approximate surface area is 352 Å². The van der Waals surface area contributed by atoms with Gasteiger partial charge in [-0.15, -0.1) is 22.7 Å². The smallest absolute Gasteiger partial charge is 0.0456 e. The molecule has 286 valence electrons. The summed E-state index contributed by atoms with van der Waals surface area (Å²) in [6, 6.07) is 47.3. The molecule has 10 rings (SSSR count). The summed E-state index contributed by atoms with van der Waals surface area (Å²) < 4.78 is 0. The molecule has 0 N–H and O–H groups in total. The molecule has 0 radical (unpaired) electrons. The highest BCUT2D eigenvalue weighted by Gasteiger charge is 2.37. The maximum Gasteiger partial charge on any atom is 0.0456 e. The predicted molar refractivity (Wildman–Crippen MR) is 253 cm³/mol. The van der Waals surface area contributed by atoms with Gasteiger partial charge in [-0.2, -0.15) is 0 Å².